The molecule has 0 radical (unpaired) electrons. The predicted octanol–water partition coefficient (Wildman–Crippen LogP) is 2.81. The third-order valence-electron chi connectivity index (χ3n) is 10.5. The number of fused-ring (bicyclic) bond motifs is 20. The molecule has 282 valence electrons. The van der Waals surface area contributed by atoms with E-state index < -0.39 is 0 Å². The van der Waals surface area contributed by atoms with Gasteiger partial charge >= 0.3 is 0 Å². The molecule has 7 aromatic rings. The minimum Gasteiger partial charge on any atom is -0.392 e. The van der Waals surface area contributed by atoms with Gasteiger partial charge in [-0.1, -0.05) is 0 Å². The number of rotatable bonds is 8. The Bertz CT molecular complexity index is 2560. The van der Waals surface area contributed by atoms with Crippen LogP contribution in [0.3, 0.4) is 0 Å². The smallest absolute Gasteiger partial charge is 0.164 e. The SMILES string of the molecule is OCc1cc2c(cc1CO)-c1nc-2nc2[nH]c(nc3nc(nc4[nH]c(n1)c1cc(CO)c(CO)cc41)-c1cc(CO)c(CO)cc1-3)c1cc(CO)c(CO)cc21. The Morgan fingerprint density at radius 1 is 0.286 bits per heavy atom. The molecule has 10 N–H and O–H groups in total. The second kappa shape index (κ2) is 13.9. The Morgan fingerprint density at radius 3 is 0.679 bits per heavy atom. The highest BCUT2D eigenvalue weighted by Crippen LogP contribution is 2.40. The van der Waals surface area contributed by atoms with Gasteiger partial charge in [-0.3, -0.25) is 0 Å². The van der Waals surface area contributed by atoms with E-state index in [1.54, 1.807) is 48.5 Å². The minimum absolute atomic E-state index is 0.221. The average Bonchev–Trinajstić information content (AvgIpc) is 3.95. The number of benzene rings is 4. The van der Waals surface area contributed by atoms with E-state index in [0.717, 1.165) is 0 Å². The Morgan fingerprint density at radius 2 is 0.482 bits per heavy atom. The van der Waals surface area contributed by atoms with E-state index in [2.05, 4.69) is 9.97 Å². The van der Waals surface area contributed by atoms with E-state index in [0.29, 0.717) is 111 Å². The molecule has 0 spiro atoms. The molecule has 4 aromatic carbocycles. The summed E-state index contributed by atoms with van der Waals surface area (Å²) in [5.41, 5.74) is 7.09. The number of nitrogens with zero attached hydrogens (tertiary/aromatic N) is 6. The molecule has 0 saturated heterocycles. The van der Waals surface area contributed by atoms with Gasteiger partial charge in [0.25, 0.3) is 0 Å². The van der Waals surface area contributed by atoms with Gasteiger partial charge in [0.05, 0.1) is 52.9 Å². The zero-order chi connectivity index (χ0) is 38.8. The van der Waals surface area contributed by atoms with Crippen LogP contribution in [0.2, 0.25) is 0 Å². The van der Waals surface area contributed by atoms with Crippen molar-refractivity contribution in [1.29, 1.82) is 0 Å². The van der Waals surface area contributed by atoms with Crippen LogP contribution in [0.25, 0.3) is 89.7 Å². The largest absolute Gasteiger partial charge is 0.392 e. The van der Waals surface area contributed by atoms with Crippen LogP contribution in [-0.2, 0) is 52.9 Å². The van der Waals surface area contributed by atoms with E-state index in [1.807, 2.05) is 0 Å². The maximum Gasteiger partial charge on any atom is 0.164 e. The molecule has 0 fully saturated rings. The molecule has 2 aliphatic rings. The van der Waals surface area contributed by atoms with Crippen LogP contribution < -0.4 is 0 Å². The number of H-pyrrole nitrogens is 2. The van der Waals surface area contributed by atoms with E-state index in [1.165, 1.54) is 0 Å². The first-order valence-electron chi connectivity index (χ1n) is 17.7. The van der Waals surface area contributed by atoms with Crippen LogP contribution in [0, 0.1) is 0 Å². The van der Waals surface area contributed by atoms with E-state index in [4.69, 9.17) is 29.9 Å². The van der Waals surface area contributed by atoms with Gasteiger partial charge in [-0.15, -0.1) is 0 Å². The minimum atomic E-state index is -0.356. The molecule has 3 aromatic heterocycles. The third-order valence-corrected chi connectivity index (χ3v) is 10.5. The quantitative estimate of drug-likeness (QED) is 0.107. The Labute approximate surface area is 315 Å². The summed E-state index contributed by atoms with van der Waals surface area (Å²) >= 11 is 0. The summed E-state index contributed by atoms with van der Waals surface area (Å²) in [4.78, 5) is 36.2. The van der Waals surface area contributed by atoms with Gasteiger partial charge in [0.2, 0.25) is 0 Å². The van der Waals surface area contributed by atoms with Gasteiger partial charge < -0.3 is 50.8 Å². The van der Waals surface area contributed by atoms with Crippen molar-refractivity contribution in [3.8, 4) is 45.6 Å². The summed E-state index contributed by atoms with van der Waals surface area (Å²) in [5, 5.41) is 84.1. The maximum atomic E-state index is 10.2. The third kappa shape index (κ3) is 5.55. The van der Waals surface area contributed by atoms with E-state index in [-0.39, 0.29) is 76.2 Å². The molecule has 56 heavy (non-hydrogen) atoms. The fourth-order valence-corrected chi connectivity index (χ4v) is 7.51. The number of hydrogen-bond acceptors (Lipinski definition) is 14. The molecular formula is C40H34N8O8. The fourth-order valence-electron chi connectivity index (χ4n) is 7.51. The fraction of sp³-hybridized carbons (Fsp3) is 0.200. The summed E-state index contributed by atoms with van der Waals surface area (Å²) in [5.74, 6) is 0.886. The Kier molecular flexibility index (Phi) is 8.84. The highest BCUT2D eigenvalue weighted by molar-refractivity contribution is 6.07. The molecule has 0 unspecified atom stereocenters. The molecular weight excluding hydrogens is 720 g/mol. The standard InChI is InChI=1S/C40H34N8O8/c49-9-17-1-25-26(2-18(17)10-50)34-41-33(25)45-35-27-3-19(11-51)20(12-52)4-28(27)37(42-35)47-39-31-7-23(15-55)24(16-56)8-32(31)40(44-39)48-38-30-6-22(14-54)21(13-53)5-29(30)36(43-38)46-34/h1-8,49-56H,9-16H2,(H2,41,42,43,44,45,46,47,48). The lowest BCUT2D eigenvalue weighted by Gasteiger charge is -2.08. The monoisotopic (exact) mass is 754 g/mol. The molecule has 0 saturated carbocycles. The summed E-state index contributed by atoms with van der Waals surface area (Å²) in [6, 6.07) is 13.6. The molecule has 9 rings (SSSR count). The van der Waals surface area contributed by atoms with Gasteiger partial charge in [-0.25, -0.2) is 29.9 Å². The number of hydrogen-bond donors (Lipinski definition) is 10. The van der Waals surface area contributed by atoms with E-state index >= 15 is 0 Å². The molecule has 16 nitrogen and oxygen atoms in total. The molecule has 16 heteroatoms. The van der Waals surface area contributed by atoms with Crippen molar-refractivity contribution in [2.24, 2.45) is 0 Å². The number of nitrogens with one attached hydrogen (secondary N) is 2. The first kappa shape index (κ1) is 35.6. The highest BCUT2D eigenvalue weighted by Gasteiger charge is 2.25. The first-order valence-corrected chi connectivity index (χ1v) is 17.7. The lowest BCUT2D eigenvalue weighted by molar-refractivity contribution is 0.260. The number of aromatic nitrogens is 8. The van der Waals surface area contributed by atoms with Gasteiger partial charge in [0.1, 0.15) is 22.6 Å². The molecule has 0 amide bonds. The Hall–Kier alpha value is -6.08. The summed E-state index contributed by atoms with van der Waals surface area (Å²) in [6.07, 6.45) is 0. The van der Waals surface area contributed by atoms with Crippen LogP contribution in [-0.4, -0.2) is 80.7 Å². The molecule has 5 heterocycles. The van der Waals surface area contributed by atoms with Crippen molar-refractivity contribution in [1.82, 2.24) is 39.9 Å². The molecule has 2 aliphatic heterocycles. The number of aliphatic hydroxyl groups is 8. The van der Waals surface area contributed by atoms with Gasteiger partial charge in [0.15, 0.2) is 23.3 Å². The van der Waals surface area contributed by atoms with Crippen LogP contribution >= 0.6 is 0 Å². The molecule has 0 atom stereocenters. The van der Waals surface area contributed by atoms with Crippen molar-refractivity contribution in [3.05, 3.63) is 93.0 Å². The summed E-state index contributed by atoms with van der Waals surface area (Å²) < 4.78 is 0. The van der Waals surface area contributed by atoms with Crippen LogP contribution in [0.4, 0.5) is 0 Å². The lowest BCUT2D eigenvalue weighted by Crippen LogP contribution is -1.96. The summed E-state index contributed by atoms with van der Waals surface area (Å²) in [7, 11) is 0. The van der Waals surface area contributed by atoms with Gasteiger partial charge in [-0.2, -0.15) is 0 Å². The van der Waals surface area contributed by atoms with Gasteiger partial charge in [-0.05, 0) is 93.0 Å². The zero-order valence-corrected chi connectivity index (χ0v) is 29.5. The van der Waals surface area contributed by atoms with Crippen LogP contribution in [0.1, 0.15) is 44.5 Å². The second-order valence-corrected chi connectivity index (χ2v) is 13.5. The predicted molar refractivity (Wildman–Crippen MR) is 203 cm³/mol. The van der Waals surface area contributed by atoms with Crippen molar-refractivity contribution in [3.63, 3.8) is 0 Å². The highest BCUT2D eigenvalue weighted by atomic mass is 16.3. The van der Waals surface area contributed by atoms with E-state index in [9.17, 15) is 40.9 Å². The lowest BCUT2D eigenvalue weighted by atomic mass is 9.99. The van der Waals surface area contributed by atoms with Crippen molar-refractivity contribution in [2.45, 2.75) is 52.9 Å². The number of aliphatic hydroxyl groups excluding tert-OH is 8. The second-order valence-electron chi connectivity index (χ2n) is 13.5. The first-order chi connectivity index (χ1) is 27.3. The summed E-state index contributed by atoms with van der Waals surface area (Å²) in [6.45, 7) is -2.84. The normalized spacial score (nSPS) is 12.1. The van der Waals surface area contributed by atoms with Crippen LogP contribution in [0.5, 0.6) is 0 Å². The molecule has 0 aliphatic carbocycles. The average molecular weight is 755 g/mol. The maximum absolute atomic E-state index is 10.2. The van der Waals surface area contributed by atoms with Crippen molar-refractivity contribution in [2.75, 3.05) is 0 Å². The topological polar surface area (TPSA) is 271 Å². The van der Waals surface area contributed by atoms with Crippen LogP contribution in [0.15, 0.2) is 48.5 Å². The number of aromatic amines is 2. The van der Waals surface area contributed by atoms with Gasteiger partial charge in [0, 0.05) is 43.8 Å². The Balaban J connectivity index is 1.50. The zero-order valence-electron chi connectivity index (χ0n) is 29.5. The van der Waals surface area contributed by atoms with Crippen molar-refractivity contribution < 1.29 is 40.9 Å². The van der Waals surface area contributed by atoms with Crippen molar-refractivity contribution >= 4 is 44.1 Å². The molecule has 8 bridgehead atoms.